The number of aromatic amines is 1. The Hall–Kier alpha value is -5.03. The second kappa shape index (κ2) is 17.2. The monoisotopic (exact) mass is 676 g/mol. The minimum absolute atomic E-state index is 0.0103. The molecule has 0 aliphatic carbocycles. The molecule has 48 heavy (non-hydrogen) atoms. The number of rotatable bonds is 16. The van der Waals surface area contributed by atoms with Crippen LogP contribution in [0.15, 0.2) is 12.5 Å². The summed E-state index contributed by atoms with van der Waals surface area (Å²) in [5, 5.41) is 15.2. The van der Waals surface area contributed by atoms with Crippen molar-refractivity contribution in [1.82, 2.24) is 46.8 Å². The van der Waals surface area contributed by atoms with E-state index in [9.17, 15) is 38.4 Å². The van der Waals surface area contributed by atoms with Crippen LogP contribution in [0, 0.1) is 5.92 Å². The van der Waals surface area contributed by atoms with Crippen LogP contribution < -0.4 is 37.6 Å². The summed E-state index contributed by atoms with van der Waals surface area (Å²) in [6, 6.07) is -5.02. The van der Waals surface area contributed by atoms with Gasteiger partial charge in [-0.3, -0.25) is 38.4 Å². The molecule has 1 fully saturated rings. The molecule has 0 saturated carbocycles. The first-order chi connectivity index (χ1) is 22.3. The zero-order valence-corrected chi connectivity index (χ0v) is 28.4. The Labute approximate surface area is 278 Å². The predicted octanol–water partition coefficient (Wildman–Crippen LogP) is -2.91. The highest BCUT2D eigenvalue weighted by atomic mass is 16.2. The van der Waals surface area contributed by atoms with Crippen LogP contribution in [0.2, 0.25) is 0 Å². The van der Waals surface area contributed by atoms with Crippen LogP contribution in [-0.2, 0) is 44.8 Å². The van der Waals surface area contributed by atoms with E-state index in [1.807, 2.05) is 0 Å². The largest absolute Gasteiger partial charge is 0.368 e. The van der Waals surface area contributed by atoms with Crippen molar-refractivity contribution in [3.63, 3.8) is 0 Å². The van der Waals surface area contributed by atoms with Gasteiger partial charge in [-0.1, -0.05) is 13.8 Å². The Balaban J connectivity index is 2.00. The van der Waals surface area contributed by atoms with Crippen LogP contribution in [0.4, 0.5) is 0 Å². The summed E-state index contributed by atoms with van der Waals surface area (Å²) in [5.74, 6) is -5.18. The van der Waals surface area contributed by atoms with Gasteiger partial charge in [-0.25, -0.2) is 4.98 Å². The highest BCUT2D eigenvalue weighted by Crippen LogP contribution is 2.19. The number of carbonyl (C=O) groups is 8. The van der Waals surface area contributed by atoms with E-state index in [4.69, 9.17) is 5.73 Å². The predicted molar refractivity (Wildman–Crippen MR) is 171 cm³/mol. The van der Waals surface area contributed by atoms with E-state index in [1.54, 1.807) is 13.8 Å². The molecule has 0 aromatic carbocycles. The molecule has 9 N–H and O–H groups in total. The van der Waals surface area contributed by atoms with E-state index >= 15 is 0 Å². The normalized spacial score (nSPS) is 16.9. The summed E-state index contributed by atoms with van der Waals surface area (Å²) in [6.45, 7) is 10.2. The summed E-state index contributed by atoms with van der Waals surface area (Å²) in [7, 11) is 0. The van der Waals surface area contributed by atoms with Gasteiger partial charge in [0.15, 0.2) is 0 Å². The number of primary amides is 1. The second-order valence-electron chi connectivity index (χ2n) is 12.7. The molecule has 2 heterocycles. The molecule has 8 amide bonds. The lowest BCUT2D eigenvalue weighted by Gasteiger charge is -2.30. The number of nitrogens with one attached hydrogen (secondary N) is 7. The van der Waals surface area contributed by atoms with Crippen LogP contribution in [0.3, 0.4) is 0 Å². The summed E-state index contributed by atoms with van der Waals surface area (Å²) in [5.41, 5.74) is 4.31. The molecule has 0 spiro atoms. The average molecular weight is 677 g/mol. The van der Waals surface area contributed by atoms with E-state index in [-0.39, 0.29) is 18.9 Å². The van der Waals surface area contributed by atoms with E-state index in [2.05, 4.69) is 41.9 Å². The van der Waals surface area contributed by atoms with Crippen molar-refractivity contribution < 1.29 is 38.4 Å². The number of aromatic nitrogens is 2. The number of amides is 8. The molecule has 0 radical (unpaired) electrons. The topological polar surface area (TPSA) is 267 Å². The minimum atomic E-state index is -1.42. The Morgan fingerprint density at radius 2 is 1.62 bits per heavy atom. The van der Waals surface area contributed by atoms with Crippen LogP contribution in [0.5, 0.6) is 0 Å². The van der Waals surface area contributed by atoms with Gasteiger partial charge < -0.3 is 47.5 Å². The SMILES string of the molecule is CC(=O)N[C@H](C(=O)N[C@@H](Cc1cnc[nH]1)C(=O)N[C@@H](C)C(=O)NCC(=O)N1CCC[C@H]1C(=O)NC(C)(C)C(=O)N[C@H](C)C(N)=O)C(C)C. The first-order valence-electron chi connectivity index (χ1n) is 15.7. The molecular weight excluding hydrogens is 628 g/mol. The zero-order chi connectivity index (χ0) is 36.3. The molecule has 18 heteroatoms. The maximum Gasteiger partial charge on any atom is 0.245 e. The van der Waals surface area contributed by atoms with E-state index in [0.717, 1.165) is 0 Å². The Morgan fingerprint density at radius 3 is 2.19 bits per heavy atom. The van der Waals surface area contributed by atoms with Crippen LogP contribution in [0.25, 0.3) is 0 Å². The lowest BCUT2D eigenvalue weighted by molar-refractivity contribution is -0.141. The van der Waals surface area contributed by atoms with Gasteiger partial charge in [0.05, 0.1) is 12.9 Å². The number of carbonyl (C=O) groups excluding carboxylic acids is 8. The molecule has 1 saturated heterocycles. The molecule has 1 aromatic rings. The molecule has 2 rings (SSSR count). The molecule has 1 aliphatic rings. The third-order valence-electron chi connectivity index (χ3n) is 7.74. The molecule has 266 valence electrons. The van der Waals surface area contributed by atoms with Crippen molar-refractivity contribution in [3.05, 3.63) is 18.2 Å². The smallest absolute Gasteiger partial charge is 0.245 e. The van der Waals surface area contributed by atoms with Crippen molar-refractivity contribution in [2.75, 3.05) is 13.1 Å². The fraction of sp³-hybridized carbons (Fsp3) is 0.633. The van der Waals surface area contributed by atoms with Gasteiger partial charge in [0, 0.05) is 31.8 Å². The number of nitrogens with zero attached hydrogens (tertiary/aromatic N) is 2. The number of hydrogen-bond donors (Lipinski definition) is 8. The number of imidazole rings is 1. The second-order valence-corrected chi connectivity index (χ2v) is 12.7. The zero-order valence-electron chi connectivity index (χ0n) is 28.4. The molecule has 1 aromatic heterocycles. The molecule has 0 bridgehead atoms. The van der Waals surface area contributed by atoms with E-state index in [0.29, 0.717) is 18.5 Å². The van der Waals surface area contributed by atoms with Gasteiger partial charge in [0.25, 0.3) is 0 Å². The fourth-order valence-electron chi connectivity index (χ4n) is 4.87. The minimum Gasteiger partial charge on any atom is -0.368 e. The van der Waals surface area contributed by atoms with Crippen molar-refractivity contribution in [1.29, 1.82) is 0 Å². The number of likely N-dealkylation sites (tertiary alicyclic amines) is 1. The lowest BCUT2D eigenvalue weighted by atomic mass is 10.0. The Kier molecular flexibility index (Phi) is 14.0. The quantitative estimate of drug-likeness (QED) is 0.0891. The molecule has 18 nitrogen and oxygen atoms in total. The van der Waals surface area contributed by atoms with Gasteiger partial charge in [-0.2, -0.15) is 0 Å². The van der Waals surface area contributed by atoms with Crippen molar-refractivity contribution in [3.8, 4) is 0 Å². The number of nitrogens with two attached hydrogens (primary N) is 1. The molecular formula is C30H48N10O8. The van der Waals surface area contributed by atoms with E-state index < -0.39 is 89.6 Å². The summed E-state index contributed by atoms with van der Waals surface area (Å²) < 4.78 is 0. The van der Waals surface area contributed by atoms with E-state index in [1.165, 1.54) is 52.0 Å². The van der Waals surface area contributed by atoms with Crippen LogP contribution in [0.1, 0.15) is 67.0 Å². The van der Waals surface area contributed by atoms with Gasteiger partial charge in [0.1, 0.15) is 35.7 Å². The van der Waals surface area contributed by atoms with Crippen molar-refractivity contribution >= 4 is 47.3 Å². The van der Waals surface area contributed by atoms with Gasteiger partial charge >= 0.3 is 0 Å². The van der Waals surface area contributed by atoms with Gasteiger partial charge in [0.2, 0.25) is 47.3 Å². The highest BCUT2D eigenvalue weighted by molar-refractivity contribution is 5.97. The van der Waals surface area contributed by atoms with Crippen molar-refractivity contribution in [2.45, 2.75) is 103 Å². The maximum absolute atomic E-state index is 13.3. The molecule has 1 aliphatic heterocycles. The lowest BCUT2D eigenvalue weighted by Crippen LogP contribution is -2.61. The number of H-pyrrole nitrogens is 1. The third kappa shape index (κ3) is 11.3. The van der Waals surface area contributed by atoms with Crippen molar-refractivity contribution in [2.24, 2.45) is 11.7 Å². The Bertz CT molecular complexity index is 1360. The first kappa shape index (κ1) is 39.1. The van der Waals surface area contributed by atoms with Crippen LogP contribution >= 0.6 is 0 Å². The van der Waals surface area contributed by atoms with Gasteiger partial charge in [-0.05, 0) is 46.5 Å². The highest BCUT2D eigenvalue weighted by Gasteiger charge is 2.39. The fourth-order valence-corrected chi connectivity index (χ4v) is 4.87. The maximum atomic E-state index is 13.3. The van der Waals surface area contributed by atoms with Crippen LogP contribution in [-0.4, -0.2) is 111 Å². The molecule has 5 atom stereocenters. The summed E-state index contributed by atoms with van der Waals surface area (Å²) in [6.07, 6.45) is 3.74. The summed E-state index contributed by atoms with van der Waals surface area (Å²) >= 11 is 0. The van der Waals surface area contributed by atoms with Gasteiger partial charge in [-0.15, -0.1) is 0 Å². The average Bonchev–Trinajstić information content (AvgIpc) is 3.70. The molecule has 0 unspecified atom stereocenters. The Morgan fingerprint density at radius 1 is 0.958 bits per heavy atom. The standard InChI is InChI=1S/C30H48N10O8/c1-15(2)23(37-18(5)41)28(47)38-20(11-19-12-32-14-34-19)26(45)35-17(4)25(44)33-13-22(42)40-10-8-9-21(40)27(46)39-30(6,7)29(48)36-16(3)24(31)43/h12,14-17,20-21,23H,8-11,13H2,1-7H3,(H2,31,43)(H,32,34)(H,33,44)(H,35,45)(H,36,48)(H,37,41)(H,38,47)(H,39,46)/t16-,17+,20+,21+,23+/m1/s1. The first-order valence-corrected chi connectivity index (χ1v) is 15.7. The third-order valence-corrected chi connectivity index (χ3v) is 7.74. The number of hydrogen-bond acceptors (Lipinski definition) is 9. The summed E-state index contributed by atoms with van der Waals surface area (Å²) in [4.78, 5) is 109.